The molecule has 2 aromatic heterocycles. The number of nitrogens with zero attached hydrogens (tertiary/aromatic N) is 5. The van der Waals surface area contributed by atoms with Crippen LogP contribution in [0.2, 0.25) is 0 Å². The Hall–Kier alpha value is -3.62. The van der Waals surface area contributed by atoms with Crippen molar-refractivity contribution in [2.75, 3.05) is 30.1 Å². The Morgan fingerprint density at radius 2 is 1.86 bits per heavy atom. The van der Waals surface area contributed by atoms with Crippen LogP contribution in [0.25, 0.3) is 5.82 Å². The van der Waals surface area contributed by atoms with Crippen molar-refractivity contribution in [3.8, 4) is 17.3 Å². The minimum Gasteiger partial charge on any atom is -0.454 e. The normalized spacial score (nSPS) is 15.3. The smallest absolute Gasteiger partial charge is 0.231 e. The minimum absolute atomic E-state index is 0.0204. The number of rotatable bonds is 4. The Balaban J connectivity index is 1.23. The number of hydrogen-bond acceptors (Lipinski definition) is 7. The highest BCUT2D eigenvalue weighted by Gasteiger charge is 2.34. The van der Waals surface area contributed by atoms with Crippen LogP contribution in [0.15, 0.2) is 36.7 Å². The number of benzene rings is 1. The number of carbonyl (C=O) groups excluding carboxylic acids is 1. The van der Waals surface area contributed by atoms with E-state index in [1.807, 2.05) is 32.0 Å². The summed E-state index contributed by atoms with van der Waals surface area (Å²) in [5.74, 6) is 2.72. The van der Waals surface area contributed by atoms with Crippen LogP contribution in [0.5, 0.6) is 11.5 Å². The summed E-state index contributed by atoms with van der Waals surface area (Å²) in [6.45, 7) is 5.35. The van der Waals surface area contributed by atoms with Gasteiger partial charge in [-0.3, -0.25) is 4.79 Å². The van der Waals surface area contributed by atoms with Gasteiger partial charge in [-0.1, -0.05) is 0 Å². The van der Waals surface area contributed by atoms with Gasteiger partial charge in [-0.2, -0.15) is 5.10 Å². The van der Waals surface area contributed by atoms with Crippen molar-refractivity contribution in [1.82, 2.24) is 19.7 Å². The molecular formula is C20H20N6O3. The van der Waals surface area contributed by atoms with Gasteiger partial charge in [0.2, 0.25) is 12.7 Å². The van der Waals surface area contributed by atoms with Crippen molar-refractivity contribution in [1.29, 1.82) is 0 Å². The zero-order valence-electron chi connectivity index (χ0n) is 16.1. The summed E-state index contributed by atoms with van der Waals surface area (Å²) in [4.78, 5) is 23.3. The van der Waals surface area contributed by atoms with Crippen molar-refractivity contribution < 1.29 is 14.3 Å². The van der Waals surface area contributed by atoms with Gasteiger partial charge in [0.15, 0.2) is 17.3 Å². The number of aromatic nitrogens is 4. The van der Waals surface area contributed by atoms with Crippen LogP contribution in [0.4, 0.5) is 11.5 Å². The lowest BCUT2D eigenvalue weighted by molar-refractivity contribution is -0.120. The maximum Gasteiger partial charge on any atom is 0.231 e. The van der Waals surface area contributed by atoms with E-state index in [1.165, 1.54) is 6.33 Å². The molecule has 1 saturated heterocycles. The topological polar surface area (TPSA) is 94.4 Å². The van der Waals surface area contributed by atoms with Crippen LogP contribution in [-0.4, -0.2) is 45.5 Å². The zero-order valence-corrected chi connectivity index (χ0v) is 16.1. The molecule has 1 amide bonds. The van der Waals surface area contributed by atoms with E-state index in [1.54, 1.807) is 16.8 Å². The number of aryl methyl sites for hydroxylation is 2. The van der Waals surface area contributed by atoms with E-state index >= 15 is 0 Å². The Morgan fingerprint density at radius 3 is 2.66 bits per heavy atom. The molecule has 5 rings (SSSR count). The number of ether oxygens (including phenoxy) is 2. The fraction of sp³-hybridized carbons (Fsp3) is 0.300. The predicted molar refractivity (Wildman–Crippen MR) is 106 cm³/mol. The number of hydrogen-bond donors (Lipinski definition) is 1. The molecule has 0 radical (unpaired) electrons. The molecule has 2 aliphatic heterocycles. The van der Waals surface area contributed by atoms with E-state index in [2.05, 4.69) is 25.3 Å². The van der Waals surface area contributed by atoms with E-state index in [4.69, 9.17) is 9.47 Å². The predicted octanol–water partition coefficient (Wildman–Crippen LogP) is 2.08. The molecule has 0 unspecified atom stereocenters. The number of anilines is 2. The maximum absolute atomic E-state index is 12.6. The SMILES string of the molecule is Cc1cc(C)n(-c2cc(N3CC(C(=O)Nc4ccc5c(c4)OCO5)C3)ncn2)n1. The maximum atomic E-state index is 12.6. The van der Waals surface area contributed by atoms with Gasteiger partial charge in [0.05, 0.1) is 11.6 Å². The van der Waals surface area contributed by atoms with Gasteiger partial charge in [0.25, 0.3) is 0 Å². The standard InChI is InChI=1S/C20H20N6O3/c1-12-5-13(2)26(24-12)19-7-18(21-10-22-19)25-8-14(9-25)20(27)23-15-3-4-16-17(6-15)29-11-28-16/h3-7,10,14H,8-9,11H2,1-2H3,(H,23,27). The molecule has 1 aromatic carbocycles. The summed E-state index contributed by atoms with van der Waals surface area (Å²) in [6.07, 6.45) is 1.53. The molecule has 0 spiro atoms. The van der Waals surface area contributed by atoms with Crippen LogP contribution < -0.4 is 19.7 Å². The molecule has 4 heterocycles. The van der Waals surface area contributed by atoms with E-state index in [9.17, 15) is 4.79 Å². The third-order valence-corrected chi connectivity index (χ3v) is 5.08. The third kappa shape index (κ3) is 3.24. The fourth-order valence-corrected chi connectivity index (χ4v) is 3.54. The Morgan fingerprint density at radius 1 is 1.07 bits per heavy atom. The molecule has 148 valence electrons. The molecule has 0 atom stereocenters. The summed E-state index contributed by atoms with van der Waals surface area (Å²) in [6, 6.07) is 9.29. The van der Waals surface area contributed by atoms with Gasteiger partial charge in [-0.05, 0) is 32.0 Å². The third-order valence-electron chi connectivity index (χ3n) is 5.08. The first-order chi connectivity index (χ1) is 14.1. The van der Waals surface area contributed by atoms with E-state index in [0.29, 0.717) is 36.1 Å². The number of amides is 1. The van der Waals surface area contributed by atoms with Gasteiger partial charge in [0.1, 0.15) is 12.1 Å². The average Bonchev–Trinajstić information content (AvgIpc) is 3.26. The number of carbonyl (C=O) groups is 1. The second-order valence-electron chi connectivity index (χ2n) is 7.23. The molecule has 1 N–H and O–H groups in total. The highest BCUT2D eigenvalue weighted by Crippen LogP contribution is 2.34. The summed E-state index contributed by atoms with van der Waals surface area (Å²) in [5, 5.41) is 7.41. The monoisotopic (exact) mass is 392 g/mol. The minimum atomic E-state index is -0.104. The Bertz CT molecular complexity index is 1090. The summed E-state index contributed by atoms with van der Waals surface area (Å²) in [7, 11) is 0. The first-order valence-corrected chi connectivity index (χ1v) is 9.38. The number of nitrogens with one attached hydrogen (secondary N) is 1. The molecule has 1 fully saturated rings. The van der Waals surface area contributed by atoms with Crippen LogP contribution in [0.3, 0.4) is 0 Å². The van der Waals surface area contributed by atoms with E-state index < -0.39 is 0 Å². The quantitative estimate of drug-likeness (QED) is 0.726. The van der Waals surface area contributed by atoms with Crippen molar-refractivity contribution >= 4 is 17.4 Å². The highest BCUT2D eigenvalue weighted by molar-refractivity contribution is 5.94. The molecular weight excluding hydrogens is 372 g/mol. The van der Waals surface area contributed by atoms with Gasteiger partial charge < -0.3 is 19.7 Å². The zero-order chi connectivity index (χ0) is 20.0. The summed E-state index contributed by atoms with van der Waals surface area (Å²) in [5.41, 5.74) is 2.65. The summed E-state index contributed by atoms with van der Waals surface area (Å²) < 4.78 is 12.4. The van der Waals surface area contributed by atoms with Gasteiger partial charge in [0, 0.05) is 36.6 Å². The second-order valence-corrected chi connectivity index (χ2v) is 7.23. The molecule has 29 heavy (non-hydrogen) atoms. The van der Waals surface area contributed by atoms with Gasteiger partial charge >= 0.3 is 0 Å². The van der Waals surface area contributed by atoms with Crippen molar-refractivity contribution in [2.24, 2.45) is 5.92 Å². The van der Waals surface area contributed by atoms with E-state index in [0.717, 1.165) is 17.2 Å². The lowest BCUT2D eigenvalue weighted by Crippen LogP contribution is -2.52. The molecule has 2 aliphatic rings. The highest BCUT2D eigenvalue weighted by atomic mass is 16.7. The van der Waals surface area contributed by atoms with Gasteiger partial charge in [-0.25, -0.2) is 14.6 Å². The van der Waals surface area contributed by atoms with Crippen molar-refractivity contribution in [3.63, 3.8) is 0 Å². The van der Waals surface area contributed by atoms with Crippen molar-refractivity contribution in [3.05, 3.63) is 48.0 Å². The molecule has 0 bridgehead atoms. The molecule has 3 aromatic rings. The first-order valence-electron chi connectivity index (χ1n) is 9.38. The van der Waals surface area contributed by atoms with Crippen LogP contribution in [0.1, 0.15) is 11.4 Å². The van der Waals surface area contributed by atoms with E-state index in [-0.39, 0.29) is 18.6 Å². The molecule has 9 nitrogen and oxygen atoms in total. The first kappa shape index (κ1) is 17.5. The van der Waals surface area contributed by atoms with Crippen LogP contribution in [-0.2, 0) is 4.79 Å². The molecule has 0 saturated carbocycles. The lowest BCUT2D eigenvalue weighted by atomic mass is 9.99. The lowest BCUT2D eigenvalue weighted by Gasteiger charge is -2.39. The summed E-state index contributed by atoms with van der Waals surface area (Å²) >= 11 is 0. The Kier molecular flexibility index (Phi) is 4.08. The second kappa shape index (κ2) is 6.77. The van der Waals surface area contributed by atoms with Crippen LogP contribution >= 0.6 is 0 Å². The fourth-order valence-electron chi connectivity index (χ4n) is 3.54. The number of fused-ring (bicyclic) bond motifs is 1. The molecule has 0 aliphatic carbocycles. The van der Waals surface area contributed by atoms with Crippen LogP contribution in [0, 0.1) is 19.8 Å². The van der Waals surface area contributed by atoms with Crippen molar-refractivity contribution in [2.45, 2.75) is 13.8 Å². The average molecular weight is 392 g/mol. The molecule has 9 heteroatoms. The van der Waals surface area contributed by atoms with Gasteiger partial charge in [-0.15, -0.1) is 0 Å². The largest absolute Gasteiger partial charge is 0.454 e. The Labute approximate surface area is 167 Å².